The summed E-state index contributed by atoms with van der Waals surface area (Å²) in [5, 5.41) is 2.65. The fraction of sp³-hybridized carbons (Fsp3) is 0.381. The number of benzene rings is 1. The maximum Gasteiger partial charge on any atom is 0.412 e. The van der Waals surface area contributed by atoms with Gasteiger partial charge in [0.2, 0.25) is 0 Å². The zero-order valence-electron chi connectivity index (χ0n) is 17.1. The zero-order chi connectivity index (χ0) is 21.0. The smallest absolute Gasteiger partial charge is 0.412 e. The van der Waals surface area contributed by atoms with E-state index >= 15 is 0 Å². The van der Waals surface area contributed by atoms with Crippen LogP contribution < -0.4 is 15.0 Å². The lowest BCUT2D eigenvalue weighted by Crippen LogP contribution is -2.31. The third-order valence-electron chi connectivity index (χ3n) is 4.31. The Balaban J connectivity index is 1.65. The van der Waals surface area contributed by atoms with Crippen LogP contribution >= 0.6 is 0 Å². The Hall–Kier alpha value is -3.29. The number of pyridine rings is 1. The van der Waals surface area contributed by atoms with Crippen molar-refractivity contribution in [2.75, 3.05) is 30.4 Å². The van der Waals surface area contributed by atoms with Crippen molar-refractivity contribution in [1.29, 1.82) is 0 Å². The molecule has 0 aliphatic carbocycles. The summed E-state index contributed by atoms with van der Waals surface area (Å²) in [5.74, 6) is 0.781. The van der Waals surface area contributed by atoms with Crippen molar-refractivity contribution >= 4 is 23.5 Å². The van der Waals surface area contributed by atoms with E-state index in [1.165, 1.54) is 6.20 Å². The first-order chi connectivity index (χ1) is 13.7. The number of hydrogen-bond acceptors (Lipinski definition) is 5. The van der Waals surface area contributed by atoms with Crippen LogP contribution in [0.3, 0.4) is 0 Å². The molecule has 3 amide bonds. The van der Waals surface area contributed by atoms with Crippen molar-refractivity contribution in [1.82, 2.24) is 9.88 Å². The van der Waals surface area contributed by atoms with Crippen LogP contribution in [0.1, 0.15) is 26.3 Å². The number of hydrogen-bond donors (Lipinski definition) is 1. The lowest BCUT2D eigenvalue weighted by atomic mass is 10.2. The molecular weight excluding hydrogens is 372 g/mol. The van der Waals surface area contributed by atoms with Gasteiger partial charge in [-0.05, 0) is 44.5 Å². The van der Waals surface area contributed by atoms with Crippen molar-refractivity contribution in [3.05, 3.63) is 48.3 Å². The van der Waals surface area contributed by atoms with E-state index in [2.05, 4.69) is 10.3 Å². The second-order valence-electron chi connectivity index (χ2n) is 7.76. The average Bonchev–Trinajstić information content (AvgIpc) is 3.01. The normalized spacial score (nSPS) is 14.1. The number of amides is 3. The summed E-state index contributed by atoms with van der Waals surface area (Å²) in [6.45, 7) is 7.05. The molecule has 1 aromatic heterocycles. The Labute approximate surface area is 170 Å². The Morgan fingerprint density at radius 1 is 1.17 bits per heavy atom. The van der Waals surface area contributed by atoms with Gasteiger partial charge in [-0.3, -0.25) is 15.2 Å². The van der Waals surface area contributed by atoms with Crippen molar-refractivity contribution < 1.29 is 19.1 Å². The molecule has 1 aliphatic rings. The predicted octanol–water partition coefficient (Wildman–Crippen LogP) is 3.88. The number of aromatic nitrogens is 1. The third kappa shape index (κ3) is 5.37. The first-order valence-electron chi connectivity index (χ1n) is 9.39. The largest absolute Gasteiger partial charge is 0.497 e. The first-order valence-corrected chi connectivity index (χ1v) is 9.39. The lowest BCUT2D eigenvalue weighted by Gasteiger charge is -2.21. The van der Waals surface area contributed by atoms with Crippen LogP contribution in [0.15, 0.2) is 42.7 Å². The van der Waals surface area contributed by atoms with Crippen molar-refractivity contribution in [2.24, 2.45) is 0 Å². The molecule has 1 saturated heterocycles. The van der Waals surface area contributed by atoms with Gasteiger partial charge in [0.15, 0.2) is 0 Å². The quantitative estimate of drug-likeness (QED) is 0.826. The number of nitrogens with zero attached hydrogens (tertiary/aromatic N) is 3. The van der Waals surface area contributed by atoms with E-state index in [-0.39, 0.29) is 6.03 Å². The number of carbonyl (C=O) groups is 2. The van der Waals surface area contributed by atoms with E-state index in [1.54, 1.807) is 49.9 Å². The van der Waals surface area contributed by atoms with Gasteiger partial charge in [0.05, 0.1) is 30.9 Å². The molecule has 0 spiro atoms. The van der Waals surface area contributed by atoms with Crippen LogP contribution in [0, 0.1) is 0 Å². The number of anilines is 2. The van der Waals surface area contributed by atoms with Gasteiger partial charge >= 0.3 is 12.1 Å². The lowest BCUT2D eigenvalue weighted by molar-refractivity contribution is 0.0636. The molecular formula is C21H26N4O4. The molecule has 29 heavy (non-hydrogen) atoms. The highest BCUT2D eigenvalue weighted by molar-refractivity contribution is 5.95. The summed E-state index contributed by atoms with van der Waals surface area (Å²) < 4.78 is 10.4. The molecule has 0 unspecified atom stereocenters. The molecule has 1 fully saturated rings. The van der Waals surface area contributed by atoms with Crippen LogP contribution in [0.2, 0.25) is 0 Å². The van der Waals surface area contributed by atoms with Crippen LogP contribution in [0.4, 0.5) is 21.0 Å². The van der Waals surface area contributed by atoms with Gasteiger partial charge in [-0.15, -0.1) is 0 Å². The van der Waals surface area contributed by atoms with Gasteiger partial charge in [0.1, 0.15) is 11.4 Å². The van der Waals surface area contributed by atoms with Crippen LogP contribution in [0.5, 0.6) is 5.75 Å². The van der Waals surface area contributed by atoms with Gasteiger partial charge in [0.25, 0.3) is 0 Å². The molecule has 2 heterocycles. The minimum atomic E-state index is -0.595. The number of nitrogens with one attached hydrogen (secondary N) is 1. The molecule has 1 N–H and O–H groups in total. The summed E-state index contributed by atoms with van der Waals surface area (Å²) in [6.07, 6.45) is 2.56. The number of urea groups is 1. The third-order valence-corrected chi connectivity index (χ3v) is 4.31. The average molecular weight is 398 g/mol. The van der Waals surface area contributed by atoms with Gasteiger partial charge in [-0.1, -0.05) is 12.1 Å². The van der Waals surface area contributed by atoms with E-state index < -0.39 is 11.7 Å². The van der Waals surface area contributed by atoms with Crippen LogP contribution in [0.25, 0.3) is 0 Å². The molecule has 0 saturated carbocycles. The van der Waals surface area contributed by atoms with Gasteiger partial charge in [-0.2, -0.15) is 0 Å². The molecule has 8 nitrogen and oxygen atoms in total. The molecule has 2 aromatic rings. The second kappa shape index (κ2) is 8.38. The minimum absolute atomic E-state index is 0.1000. The van der Waals surface area contributed by atoms with Crippen molar-refractivity contribution in [2.45, 2.75) is 32.9 Å². The number of ether oxygens (including phenoxy) is 2. The number of methoxy groups -OCH3 is 1. The molecule has 154 valence electrons. The molecule has 0 radical (unpaired) electrons. The Bertz CT molecular complexity index is 877. The minimum Gasteiger partial charge on any atom is -0.497 e. The maximum atomic E-state index is 12.8. The summed E-state index contributed by atoms with van der Waals surface area (Å²) in [6, 6.07) is 9.26. The Morgan fingerprint density at radius 2 is 1.90 bits per heavy atom. The number of carbonyl (C=O) groups excluding carboxylic acids is 2. The fourth-order valence-corrected chi connectivity index (χ4v) is 2.99. The topological polar surface area (TPSA) is 84.0 Å². The van der Waals surface area contributed by atoms with Crippen molar-refractivity contribution in [3.8, 4) is 5.75 Å². The standard InChI is InChI=1S/C21H26N4O4/c1-21(2,3)29-19(26)23-16-11-17(13-22-12-16)25-10-9-24(20(25)27)14-15-5-7-18(28-4)8-6-15/h5-8,11-13H,9-10,14H2,1-4H3,(H,23,26). The molecule has 3 rings (SSSR count). The summed E-state index contributed by atoms with van der Waals surface area (Å²) in [5.41, 5.74) is 1.53. The predicted molar refractivity (Wildman–Crippen MR) is 110 cm³/mol. The molecule has 8 heteroatoms. The van der Waals surface area contributed by atoms with E-state index in [1.807, 2.05) is 24.3 Å². The second-order valence-corrected chi connectivity index (χ2v) is 7.76. The van der Waals surface area contributed by atoms with Gasteiger partial charge in [0, 0.05) is 19.6 Å². The van der Waals surface area contributed by atoms with Gasteiger partial charge < -0.3 is 14.4 Å². The molecule has 0 bridgehead atoms. The molecule has 0 atom stereocenters. The number of rotatable bonds is 5. The molecule has 1 aromatic carbocycles. The van der Waals surface area contributed by atoms with Crippen molar-refractivity contribution in [3.63, 3.8) is 0 Å². The fourth-order valence-electron chi connectivity index (χ4n) is 2.99. The highest BCUT2D eigenvalue weighted by Crippen LogP contribution is 2.24. The monoisotopic (exact) mass is 398 g/mol. The first kappa shape index (κ1) is 20.4. The van der Waals surface area contributed by atoms with E-state index in [4.69, 9.17) is 9.47 Å². The molecule has 1 aliphatic heterocycles. The van der Waals surface area contributed by atoms with E-state index in [9.17, 15) is 9.59 Å². The SMILES string of the molecule is COc1ccc(CN2CCN(c3cncc(NC(=O)OC(C)(C)C)c3)C2=O)cc1. The van der Waals surface area contributed by atoms with E-state index in [0.29, 0.717) is 31.0 Å². The summed E-state index contributed by atoms with van der Waals surface area (Å²) in [7, 11) is 1.62. The van der Waals surface area contributed by atoms with Gasteiger partial charge in [-0.25, -0.2) is 9.59 Å². The Morgan fingerprint density at radius 3 is 2.55 bits per heavy atom. The highest BCUT2D eigenvalue weighted by Gasteiger charge is 2.30. The van der Waals surface area contributed by atoms with E-state index in [0.717, 1.165) is 11.3 Å². The zero-order valence-corrected chi connectivity index (χ0v) is 17.1. The highest BCUT2D eigenvalue weighted by atomic mass is 16.6. The summed E-state index contributed by atoms with van der Waals surface area (Å²) >= 11 is 0. The maximum absolute atomic E-state index is 12.8. The Kier molecular flexibility index (Phi) is 5.91. The van der Waals surface area contributed by atoms with Crippen LogP contribution in [-0.2, 0) is 11.3 Å². The van der Waals surface area contributed by atoms with Crippen LogP contribution in [-0.4, -0.2) is 47.8 Å². The summed E-state index contributed by atoms with van der Waals surface area (Å²) in [4.78, 5) is 32.4.